The molecule has 2 N–H and O–H groups in total. The molecule has 0 atom stereocenters. The molecular formula is C17H14F3N3O3S. The van der Waals surface area contributed by atoms with E-state index in [4.69, 9.17) is 5.26 Å². The third kappa shape index (κ3) is 5.80. The number of benzene rings is 2. The van der Waals surface area contributed by atoms with Crippen molar-refractivity contribution in [1.82, 2.24) is 4.72 Å². The summed E-state index contributed by atoms with van der Waals surface area (Å²) in [5.41, 5.74) is 0.0352. The van der Waals surface area contributed by atoms with Crippen molar-refractivity contribution in [1.29, 1.82) is 5.26 Å². The van der Waals surface area contributed by atoms with E-state index in [9.17, 15) is 26.4 Å². The molecule has 0 fully saturated rings. The molecular weight excluding hydrogens is 383 g/mol. The van der Waals surface area contributed by atoms with Gasteiger partial charge in [-0.1, -0.05) is 18.2 Å². The van der Waals surface area contributed by atoms with Gasteiger partial charge in [-0.2, -0.15) is 18.4 Å². The molecule has 0 aliphatic rings. The second-order valence-electron chi connectivity index (χ2n) is 5.43. The summed E-state index contributed by atoms with van der Waals surface area (Å²) in [5, 5.41) is 11.0. The third-order valence-electron chi connectivity index (χ3n) is 3.42. The number of rotatable bonds is 6. The fourth-order valence-electron chi connectivity index (χ4n) is 2.09. The Morgan fingerprint density at radius 3 is 2.37 bits per heavy atom. The first-order chi connectivity index (χ1) is 12.6. The van der Waals surface area contributed by atoms with Gasteiger partial charge >= 0.3 is 6.18 Å². The van der Waals surface area contributed by atoms with Crippen LogP contribution in [0.25, 0.3) is 0 Å². The zero-order chi connectivity index (χ0) is 20.1. The summed E-state index contributed by atoms with van der Waals surface area (Å²) in [6.45, 7) is -0.654. The van der Waals surface area contributed by atoms with Crippen molar-refractivity contribution in [2.75, 3.05) is 11.9 Å². The average molecular weight is 397 g/mol. The van der Waals surface area contributed by atoms with E-state index in [1.165, 1.54) is 0 Å². The van der Waals surface area contributed by atoms with Gasteiger partial charge in [0.1, 0.15) is 0 Å². The summed E-state index contributed by atoms with van der Waals surface area (Å²) in [6, 6.07) is 11.6. The molecule has 6 nitrogen and oxygen atoms in total. The summed E-state index contributed by atoms with van der Waals surface area (Å²) in [5.74, 6) is -0.696. The molecule has 0 bridgehead atoms. The van der Waals surface area contributed by atoms with Crippen molar-refractivity contribution < 1.29 is 26.4 Å². The Balaban J connectivity index is 2.00. The van der Waals surface area contributed by atoms with Gasteiger partial charge in [-0.25, -0.2) is 13.1 Å². The van der Waals surface area contributed by atoms with Crippen molar-refractivity contribution >= 4 is 21.6 Å². The maximum absolute atomic E-state index is 12.7. The van der Waals surface area contributed by atoms with Gasteiger partial charge in [0.2, 0.25) is 15.9 Å². The highest BCUT2D eigenvalue weighted by Crippen LogP contribution is 2.30. The highest BCUT2D eigenvalue weighted by molar-refractivity contribution is 7.89. The number of nitrogens with one attached hydrogen (secondary N) is 2. The van der Waals surface area contributed by atoms with E-state index in [1.807, 2.05) is 10.8 Å². The van der Waals surface area contributed by atoms with Crippen LogP contribution >= 0.6 is 0 Å². The first-order valence-electron chi connectivity index (χ1n) is 7.54. The minimum absolute atomic E-state index is 0.213. The van der Waals surface area contributed by atoms with Crippen molar-refractivity contribution in [3.05, 3.63) is 59.7 Å². The predicted octanol–water partition coefficient (Wildman–Crippen LogP) is 2.69. The summed E-state index contributed by atoms with van der Waals surface area (Å²) in [6.07, 6.45) is -4.47. The maximum Gasteiger partial charge on any atom is 0.416 e. The minimum Gasteiger partial charge on any atom is -0.325 e. The number of halogens is 3. The van der Waals surface area contributed by atoms with Crippen LogP contribution in [0, 0.1) is 11.3 Å². The Morgan fingerprint density at radius 2 is 1.78 bits per heavy atom. The maximum atomic E-state index is 12.7. The summed E-state index contributed by atoms with van der Waals surface area (Å²) >= 11 is 0. The lowest BCUT2D eigenvalue weighted by Crippen LogP contribution is -2.33. The number of alkyl halides is 3. The normalized spacial score (nSPS) is 11.6. The van der Waals surface area contributed by atoms with E-state index in [2.05, 4.69) is 5.32 Å². The summed E-state index contributed by atoms with van der Waals surface area (Å²) in [7, 11) is -4.29. The topological polar surface area (TPSA) is 99.1 Å². The number of anilines is 1. The van der Waals surface area contributed by atoms with E-state index in [0.29, 0.717) is 11.8 Å². The molecule has 0 unspecified atom stereocenters. The lowest BCUT2D eigenvalue weighted by molar-refractivity contribution is -0.137. The first kappa shape index (κ1) is 20.4. The number of carbonyl (C=O) groups is 1. The van der Waals surface area contributed by atoms with E-state index in [-0.39, 0.29) is 6.42 Å². The zero-order valence-electron chi connectivity index (χ0n) is 13.7. The number of carbonyl (C=O) groups excluding carboxylic acids is 1. The molecule has 0 saturated carbocycles. The van der Waals surface area contributed by atoms with Crippen molar-refractivity contribution in [3.63, 3.8) is 0 Å². The largest absolute Gasteiger partial charge is 0.416 e. The van der Waals surface area contributed by atoms with Gasteiger partial charge in [0.15, 0.2) is 0 Å². The molecule has 0 heterocycles. The van der Waals surface area contributed by atoms with Gasteiger partial charge in [0.25, 0.3) is 0 Å². The van der Waals surface area contributed by atoms with Crippen LogP contribution in [0.4, 0.5) is 18.9 Å². The third-order valence-corrected chi connectivity index (χ3v) is 4.81. The monoisotopic (exact) mass is 397 g/mol. The average Bonchev–Trinajstić information content (AvgIpc) is 2.61. The molecule has 1 amide bonds. The molecule has 0 spiro atoms. The molecule has 0 aromatic heterocycles. The standard InChI is InChI=1S/C17H14F3N3O3S/c18-17(19,20)13-2-1-3-15(10-13)27(25,26)22-11-16(24)23-14-6-4-12(5-7-14)8-9-21/h1-7,10,22H,8,11H2,(H,23,24). The minimum atomic E-state index is -4.68. The number of hydrogen-bond acceptors (Lipinski definition) is 4. The van der Waals surface area contributed by atoms with Gasteiger partial charge in [0.05, 0.1) is 29.5 Å². The lowest BCUT2D eigenvalue weighted by atomic mass is 10.1. The molecule has 10 heteroatoms. The Hall–Kier alpha value is -2.90. The molecule has 2 aromatic carbocycles. The van der Waals surface area contributed by atoms with Crippen LogP contribution in [0.3, 0.4) is 0 Å². The second kappa shape index (κ2) is 8.20. The van der Waals surface area contributed by atoms with E-state index in [0.717, 1.165) is 23.8 Å². The van der Waals surface area contributed by atoms with E-state index in [1.54, 1.807) is 24.3 Å². The molecule has 0 radical (unpaired) electrons. The van der Waals surface area contributed by atoms with Crippen LogP contribution in [0.15, 0.2) is 53.4 Å². The van der Waals surface area contributed by atoms with Gasteiger partial charge in [-0.15, -0.1) is 0 Å². The SMILES string of the molecule is N#CCc1ccc(NC(=O)CNS(=O)(=O)c2cccc(C(F)(F)F)c2)cc1. The summed E-state index contributed by atoms with van der Waals surface area (Å²) in [4.78, 5) is 11.3. The highest BCUT2D eigenvalue weighted by atomic mass is 32.2. The Morgan fingerprint density at radius 1 is 1.11 bits per heavy atom. The highest BCUT2D eigenvalue weighted by Gasteiger charge is 2.31. The van der Waals surface area contributed by atoms with E-state index >= 15 is 0 Å². The van der Waals surface area contributed by atoms with Crippen LogP contribution in [0.2, 0.25) is 0 Å². The molecule has 2 rings (SSSR count). The molecule has 27 heavy (non-hydrogen) atoms. The lowest BCUT2D eigenvalue weighted by Gasteiger charge is -2.10. The number of nitriles is 1. The fourth-order valence-corrected chi connectivity index (χ4v) is 3.11. The molecule has 0 saturated heterocycles. The predicted molar refractivity (Wildman–Crippen MR) is 91.0 cm³/mol. The van der Waals surface area contributed by atoms with Crippen LogP contribution in [0.1, 0.15) is 11.1 Å². The molecule has 142 valence electrons. The zero-order valence-corrected chi connectivity index (χ0v) is 14.6. The van der Waals surface area contributed by atoms with Crippen LogP contribution in [0.5, 0.6) is 0 Å². The summed E-state index contributed by atoms with van der Waals surface area (Å²) < 4.78 is 64.2. The van der Waals surface area contributed by atoms with Crippen molar-refractivity contribution in [2.45, 2.75) is 17.5 Å². The van der Waals surface area contributed by atoms with Crippen molar-refractivity contribution in [2.24, 2.45) is 0 Å². The number of nitrogens with zero attached hydrogens (tertiary/aromatic N) is 1. The molecule has 0 aliphatic carbocycles. The van der Waals surface area contributed by atoms with Crippen LogP contribution in [-0.4, -0.2) is 20.9 Å². The number of hydrogen-bond donors (Lipinski definition) is 2. The van der Waals surface area contributed by atoms with E-state index < -0.39 is 39.1 Å². The number of sulfonamides is 1. The molecule has 0 aliphatic heterocycles. The van der Waals surface area contributed by atoms with Gasteiger partial charge in [0, 0.05) is 5.69 Å². The van der Waals surface area contributed by atoms with Crippen molar-refractivity contribution in [3.8, 4) is 6.07 Å². The van der Waals surface area contributed by atoms with Gasteiger partial charge in [-0.3, -0.25) is 4.79 Å². The quantitative estimate of drug-likeness (QED) is 0.783. The van der Waals surface area contributed by atoms with Crippen LogP contribution < -0.4 is 10.0 Å². The van der Waals surface area contributed by atoms with Crippen LogP contribution in [-0.2, 0) is 27.4 Å². The van der Waals surface area contributed by atoms with Gasteiger partial charge < -0.3 is 5.32 Å². The Kier molecular flexibility index (Phi) is 6.20. The Bertz CT molecular complexity index is 965. The first-order valence-corrected chi connectivity index (χ1v) is 9.03. The second-order valence-corrected chi connectivity index (χ2v) is 7.20. The fraction of sp³-hybridized carbons (Fsp3) is 0.176. The smallest absolute Gasteiger partial charge is 0.325 e. The van der Waals surface area contributed by atoms with Gasteiger partial charge in [-0.05, 0) is 35.9 Å². The number of amides is 1. The Labute approximate surface area is 153 Å². The molecule has 2 aromatic rings.